The average Bonchev–Trinajstić information content (AvgIpc) is 3.02. The first kappa shape index (κ1) is 21.6. The number of carbonyl (C=O) groups excluding carboxylic acids is 1. The largest absolute Gasteiger partial charge is 0.494 e. The Kier molecular flexibility index (Phi) is 7.15. The van der Waals surface area contributed by atoms with E-state index >= 15 is 0 Å². The number of carbonyl (C=O) groups is 1. The van der Waals surface area contributed by atoms with Gasteiger partial charge in [0.2, 0.25) is 0 Å². The molecule has 9 heteroatoms. The molecule has 3 rings (SSSR count). The van der Waals surface area contributed by atoms with Crippen molar-refractivity contribution in [2.45, 2.75) is 18.4 Å². The lowest BCUT2D eigenvalue weighted by molar-refractivity contribution is -0.115. The van der Waals surface area contributed by atoms with Crippen LogP contribution >= 0.6 is 23.1 Å². The quantitative estimate of drug-likeness (QED) is 0.526. The zero-order valence-corrected chi connectivity index (χ0v) is 18.6. The number of hydrogen-bond acceptors (Lipinski definition) is 6. The van der Waals surface area contributed by atoms with Crippen LogP contribution in [0.1, 0.15) is 6.92 Å². The minimum Gasteiger partial charge on any atom is -0.494 e. The second-order valence-electron chi connectivity index (χ2n) is 6.17. The van der Waals surface area contributed by atoms with E-state index in [9.17, 15) is 13.2 Å². The highest BCUT2D eigenvalue weighted by atomic mass is 32.2. The molecule has 0 N–H and O–H groups in total. The number of thioether (sulfide) groups is 1. The molecular weight excluding hydrogens is 428 g/mol. The van der Waals surface area contributed by atoms with Crippen molar-refractivity contribution >= 4 is 49.1 Å². The van der Waals surface area contributed by atoms with E-state index in [2.05, 4.69) is 4.99 Å². The molecule has 1 heterocycles. The van der Waals surface area contributed by atoms with E-state index < -0.39 is 21.5 Å². The number of aryl methyl sites for hydroxylation is 1. The molecule has 1 amide bonds. The van der Waals surface area contributed by atoms with E-state index in [4.69, 9.17) is 4.74 Å². The summed E-state index contributed by atoms with van der Waals surface area (Å²) < 4.78 is 33.4. The number of rotatable bonds is 8. The topological polar surface area (TPSA) is 77.7 Å². The van der Waals surface area contributed by atoms with Crippen molar-refractivity contribution in [3.8, 4) is 5.75 Å². The Hall–Kier alpha value is -2.10. The molecule has 0 aliphatic rings. The van der Waals surface area contributed by atoms with Crippen molar-refractivity contribution in [3.63, 3.8) is 0 Å². The van der Waals surface area contributed by atoms with Crippen LogP contribution < -0.4 is 9.54 Å². The van der Waals surface area contributed by atoms with Gasteiger partial charge in [0.25, 0.3) is 5.91 Å². The van der Waals surface area contributed by atoms with Gasteiger partial charge in [0.05, 0.1) is 21.7 Å². The van der Waals surface area contributed by atoms with Gasteiger partial charge in [-0.2, -0.15) is 16.8 Å². The van der Waals surface area contributed by atoms with Gasteiger partial charge in [-0.05, 0) is 43.5 Å². The molecule has 0 fully saturated rings. The van der Waals surface area contributed by atoms with Gasteiger partial charge >= 0.3 is 0 Å². The fourth-order valence-electron chi connectivity index (χ4n) is 2.81. The Labute approximate surface area is 178 Å². The zero-order valence-electron chi connectivity index (χ0n) is 16.2. The van der Waals surface area contributed by atoms with Gasteiger partial charge in [-0.15, -0.1) is 0 Å². The van der Waals surface area contributed by atoms with Crippen molar-refractivity contribution in [2.24, 2.45) is 4.99 Å². The summed E-state index contributed by atoms with van der Waals surface area (Å²) in [6.45, 7) is 3.16. The number of nitrogens with zero attached hydrogens (tertiary/aromatic N) is 2. The fraction of sp³-hybridized carbons (Fsp3) is 0.300. The fourth-order valence-corrected chi connectivity index (χ4v) is 5.40. The SMILES string of the molecule is CCOc1ccc2c(c1)sc(=NC(=O)CS(=O)(=O)c1ccccc1)n2CCSC. The summed E-state index contributed by atoms with van der Waals surface area (Å²) >= 11 is 3.05. The van der Waals surface area contributed by atoms with E-state index in [1.807, 2.05) is 35.9 Å². The number of amides is 1. The molecule has 6 nitrogen and oxygen atoms in total. The van der Waals surface area contributed by atoms with Gasteiger partial charge in [0.15, 0.2) is 14.6 Å². The Balaban J connectivity index is 1.98. The normalized spacial score (nSPS) is 12.4. The maximum atomic E-state index is 12.5. The van der Waals surface area contributed by atoms with E-state index in [0.29, 0.717) is 18.0 Å². The summed E-state index contributed by atoms with van der Waals surface area (Å²) in [5.74, 6) is 0.270. The van der Waals surface area contributed by atoms with E-state index in [1.54, 1.807) is 30.0 Å². The van der Waals surface area contributed by atoms with E-state index in [0.717, 1.165) is 21.7 Å². The molecule has 0 unspecified atom stereocenters. The summed E-state index contributed by atoms with van der Waals surface area (Å²) in [5, 5.41) is 0. The monoisotopic (exact) mass is 450 g/mol. The molecule has 0 radical (unpaired) electrons. The molecule has 0 aliphatic heterocycles. The Bertz CT molecular complexity index is 1170. The molecule has 0 saturated heterocycles. The molecule has 2 aromatic carbocycles. The lowest BCUT2D eigenvalue weighted by Gasteiger charge is -2.05. The summed E-state index contributed by atoms with van der Waals surface area (Å²) in [5.41, 5.74) is 0.949. The predicted molar refractivity (Wildman–Crippen MR) is 118 cm³/mol. The van der Waals surface area contributed by atoms with E-state index in [-0.39, 0.29) is 4.90 Å². The number of fused-ring (bicyclic) bond motifs is 1. The Morgan fingerprint density at radius 1 is 1.21 bits per heavy atom. The maximum absolute atomic E-state index is 12.5. The molecule has 0 aliphatic carbocycles. The van der Waals surface area contributed by atoms with Gasteiger partial charge in [-0.3, -0.25) is 4.79 Å². The number of thiazole rings is 1. The molecule has 0 saturated carbocycles. The number of hydrogen-bond donors (Lipinski definition) is 0. The standard InChI is InChI=1S/C20H22N2O4S3/c1-3-26-15-9-10-17-18(13-15)28-20(22(17)11-12-27-2)21-19(23)14-29(24,25)16-7-5-4-6-8-16/h4-10,13H,3,11-12,14H2,1-2H3. The van der Waals surface area contributed by atoms with Gasteiger partial charge in [-0.1, -0.05) is 29.5 Å². The van der Waals surface area contributed by atoms with Crippen LogP contribution in [-0.2, 0) is 21.2 Å². The molecule has 0 bridgehead atoms. The minimum atomic E-state index is -3.73. The van der Waals surface area contributed by atoms with Crippen LogP contribution in [0.2, 0.25) is 0 Å². The third-order valence-electron chi connectivity index (χ3n) is 4.12. The summed E-state index contributed by atoms with van der Waals surface area (Å²) in [6.07, 6.45) is 2.01. The molecule has 154 valence electrons. The third-order valence-corrected chi connectivity index (χ3v) is 7.37. The molecular formula is C20H22N2O4S3. The van der Waals surface area contributed by atoms with E-state index in [1.165, 1.54) is 23.5 Å². The minimum absolute atomic E-state index is 0.122. The smallest absolute Gasteiger partial charge is 0.263 e. The summed E-state index contributed by atoms with van der Waals surface area (Å²) in [7, 11) is -3.73. The second kappa shape index (κ2) is 9.60. The zero-order chi connectivity index (χ0) is 20.9. The first-order valence-electron chi connectivity index (χ1n) is 9.05. The van der Waals surface area contributed by atoms with Crippen LogP contribution in [-0.4, -0.2) is 43.3 Å². The van der Waals surface area contributed by atoms with Crippen LogP contribution in [0.5, 0.6) is 5.75 Å². The Morgan fingerprint density at radius 2 is 1.97 bits per heavy atom. The van der Waals surface area contributed by atoms with Crippen LogP contribution in [0.4, 0.5) is 0 Å². The highest BCUT2D eigenvalue weighted by molar-refractivity contribution is 7.98. The first-order valence-corrected chi connectivity index (χ1v) is 12.9. The van der Waals surface area contributed by atoms with Gasteiger partial charge in [0.1, 0.15) is 11.5 Å². The van der Waals surface area contributed by atoms with Crippen molar-refractivity contribution in [1.82, 2.24) is 4.57 Å². The number of aromatic nitrogens is 1. The van der Waals surface area contributed by atoms with Crippen LogP contribution in [0.3, 0.4) is 0 Å². The highest BCUT2D eigenvalue weighted by Gasteiger charge is 2.19. The van der Waals surface area contributed by atoms with Gasteiger partial charge < -0.3 is 9.30 Å². The lowest BCUT2D eigenvalue weighted by atomic mass is 10.3. The van der Waals surface area contributed by atoms with Gasteiger partial charge in [0, 0.05) is 12.3 Å². The van der Waals surface area contributed by atoms with Gasteiger partial charge in [-0.25, -0.2) is 8.42 Å². The van der Waals surface area contributed by atoms with Crippen LogP contribution in [0.15, 0.2) is 58.4 Å². The number of ether oxygens (including phenoxy) is 1. The summed E-state index contributed by atoms with van der Waals surface area (Å²) in [4.78, 5) is 17.3. The van der Waals surface area contributed by atoms with Crippen molar-refractivity contribution < 1.29 is 17.9 Å². The highest BCUT2D eigenvalue weighted by Crippen LogP contribution is 2.24. The third kappa shape index (κ3) is 5.29. The molecule has 1 aromatic heterocycles. The Morgan fingerprint density at radius 3 is 2.66 bits per heavy atom. The summed E-state index contributed by atoms with van der Waals surface area (Å²) in [6, 6.07) is 13.7. The van der Waals surface area contributed by atoms with Crippen LogP contribution in [0, 0.1) is 0 Å². The number of benzene rings is 2. The second-order valence-corrected chi connectivity index (χ2v) is 10.2. The maximum Gasteiger partial charge on any atom is 0.263 e. The molecule has 29 heavy (non-hydrogen) atoms. The number of sulfone groups is 1. The molecule has 0 spiro atoms. The van der Waals surface area contributed by atoms with Crippen LogP contribution in [0.25, 0.3) is 10.2 Å². The van der Waals surface area contributed by atoms with Crippen molar-refractivity contribution in [1.29, 1.82) is 0 Å². The molecule has 0 atom stereocenters. The van der Waals surface area contributed by atoms with Crippen molar-refractivity contribution in [3.05, 3.63) is 53.3 Å². The average molecular weight is 451 g/mol. The van der Waals surface area contributed by atoms with Crippen molar-refractivity contribution in [2.75, 3.05) is 24.4 Å². The predicted octanol–water partition coefficient (Wildman–Crippen LogP) is 3.37. The first-order chi connectivity index (χ1) is 13.9. The lowest BCUT2D eigenvalue weighted by Crippen LogP contribution is -2.21. The molecule has 3 aromatic rings.